The molecule has 0 aliphatic carbocycles. The van der Waals surface area contributed by atoms with Crippen LogP contribution in [0.5, 0.6) is 0 Å². The monoisotopic (exact) mass is 162 g/mol. The fourth-order valence-corrected chi connectivity index (χ4v) is 1.08. The van der Waals surface area contributed by atoms with Gasteiger partial charge in [0.25, 0.3) is 0 Å². The Balaban J connectivity index is 3.86. The number of hydrogen-bond donors (Lipinski definition) is 1. The zero-order valence-corrected chi connectivity index (χ0v) is 7.70. The molecule has 0 aliphatic heterocycles. The van der Waals surface area contributed by atoms with E-state index in [0.717, 1.165) is 6.42 Å². The van der Waals surface area contributed by atoms with Gasteiger partial charge in [0.1, 0.15) is 0 Å². The second kappa shape index (κ2) is 5.52. The van der Waals surface area contributed by atoms with Gasteiger partial charge in [-0.15, -0.1) is 0 Å². The van der Waals surface area contributed by atoms with Crippen LogP contribution in [-0.2, 0) is 9.47 Å². The van der Waals surface area contributed by atoms with E-state index in [4.69, 9.17) is 9.47 Å². The van der Waals surface area contributed by atoms with Crippen LogP contribution < -0.4 is 0 Å². The summed E-state index contributed by atoms with van der Waals surface area (Å²) in [6.45, 7) is 3.84. The lowest BCUT2D eigenvalue weighted by molar-refractivity contribution is -0.156. The van der Waals surface area contributed by atoms with Gasteiger partial charge < -0.3 is 14.6 Å². The molecule has 3 nitrogen and oxygen atoms in total. The van der Waals surface area contributed by atoms with Crippen molar-refractivity contribution >= 4 is 0 Å². The maximum Gasteiger partial charge on any atom is 0.161 e. The molecule has 0 radical (unpaired) electrons. The molecule has 0 aromatic heterocycles. The molecule has 0 aromatic carbocycles. The van der Waals surface area contributed by atoms with E-state index < -0.39 is 0 Å². The lowest BCUT2D eigenvalue weighted by Crippen LogP contribution is -2.31. The van der Waals surface area contributed by atoms with E-state index in [-0.39, 0.29) is 18.3 Å². The van der Waals surface area contributed by atoms with E-state index in [9.17, 15) is 5.11 Å². The zero-order valence-electron chi connectivity index (χ0n) is 7.70. The molecule has 68 valence electrons. The number of methoxy groups -OCH3 is 2. The van der Waals surface area contributed by atoms with Crippen molar-refractivity contribution in [2.75, 3.05) is 14.2 Å². The third-order valence-electron chi connectivity index (χ3n) is 1.92. The molecule has 3 heteroatoms. The number of hydrogen-bond acceptors (Lipinski definition) is 3. The average Bonchev–Trinajstić information content (AvgIpc) is 2.05. The van der Waals surface area contributed by atoms with E-state index >= 15 is 0 Å². The highest BCUT2D eigenvalue weighted by Gasteiger charge is 2.22. The number of rotatable bonds is 5. The Labute approximate surface area is 68.3 Å². The molecule has 11 heavy (non-hydrogen) atoms. The molecular formula is C8H18O3. The fraction of sp³-hybridized carbons (Fsp3) is 1.00. The van der Waals surface area contributed by atoms with Crippen molar-refractivity contribution in [3.63, 3.8) is 0 Å². The molecule has 0 fully saturated rings. The quantitative estimate of drug-likeness (QED) is 0.613. The van der Waals surface area contributed by atoms with Crippen LogP contribution in [-0.4, -0.2) is 31.7 Å². The van der Waals surface area contributed by atoms with Crippen LogP contribution >= 0.6 is 0 Å². The summed E-state index contributed by atoms with van der Waals surface area (Å²) in [4.78, 5) is 0. The minimum absolute atomic E-state index is 0.0231. The fourth-order valence-electron chi connectivity index (χ4n) is 1.08. The first kappa shape index (κ1) is 10.9. The highest BCUT2D eigenvalue weighted by Crippen LogP contribution is 2.14. The molecule has 0 bridgehead atoms. The van der Waals surface area contributed by atoms with Gasteiger partial charge in [0.05, 0.1) is 6.10 Å². The van der Waals surface area contributed by atoms with E-state index in [1.807, 2.05) is 13.8 Å². The van der Waals surface area contributed by atoms with E-state index in [2.05, 4.69) is 0 Å². The normalized spacial score (nSPS) is 16.9. The standard InChI is InChI=1S/C8H18O3/c1-5-7(9)6(2)8(10-3)11-4/h6-9H,5H2,1-4H3/t6-,7-/m1/s1. The first-order valence-electron chi connectivity index (χ1n) is 3.91. The molecule has 0 aromatic rings. The summed E-state index contributed by atoms with van der Waals surface area (Å²) in [5, 5.41) is 9.40. The maximum absolute atomic E-state index is 9.40. The van der Waals surface area contributed by atoms with Crippen molar-refractivity contribution in [3.05, 3.63) is 0 Å². The number of aliphatic hydroxyl groups excluding tert-OH is 1. The Morgan fingerprint density at radius 2 is 1.73 bits per heavy atom. The minimum atomic E-state index is -0.347. The molecule has 0 aliphatic rings. The molecule has 0 unspecified atom stereocenters. The molecular weight excluding hydrogens is 144 g/mol. The average molecular weight is 162 g/mol. The number of ether oxygens (including phenoxy) is 2. The van der Waals surface area contributed by atoms with E-state index in [1.54, 1.807) is 14.2 Å². The Hall–Kier alpha value is -0.120. The summed E-state index contributed by atoms with van der Waals surface area (Å²) < 4.78 is 10.0. The van der Waals surface area contributed by atoms with Gasteiger partial charge in [-0.3, -0.25) is 0 Å². The van der Waals surface area contributed by atoms with Gasteiger partial charge in [0, 0.05) is 20.1 Å². The molecule has 0 heterocycles. The largest absolute Gasteiger partial charge is 0.393 e. The van der Waals surface area contributed by atoms with Crippen molar-refractivity contribution in [1.82, 2.24) is 0 Å². The SMILES string of the molecule is CC[C@@H](O)[C@@H](C)C(OC)OC. The topological polar surface area (TPSA) is 38.7 Å². The molecule has 0 amide bonds. The van der Waals surface area contributed by atoms with E-state index in [1.165, 1.54) is 0 Å². The molecule has 0 spiro atoms. The van der Waals surface area contributed by atoms with Gasteiger partial charge >= 0.3 is 0 Å². The maximum atomic E-state index is 9.40. The summed E-state index contributed by atoms with van der Waals surface area (Å²) in [7, 11) is 3.15. The highest BCUT2D eigenvalue weighted by atomic mass is 16.7. The van der Waals surface area contributed by atoms with Crippen LogP contribution in [0.1, 0.15) is 20.3 Å². The van der Waals surface area contributed by atoms with Crippen LogP contribution in [0, 0.1) is 5.92 Å². The van der Waals surface area contributed by atoms with Crippen molar-refractivity contribution in [2.24, 2.45) is 5.92 Å². The first-order valence-corrected chi connectivity index (χ1v) is 3.91. The lowest BCUT2D eigenvalue weighted by Gasteiger charge is -2.24. The number of aliphatic hydroxyl groups is 1. The van der Waals surface area contributed by atoms with Gasteiger partial charge in [0.15, 0.2) is 6.29 Å². The Morgan fingerprint density at radius 1 is 1.27 bits per heavy atom. The second-order valence-corrected chi connectivity index (χ2v) is 2.67. The Bertz CT molecular complexity index is 91.3. The third kappa shape index (κ3) is 3.18. The molecule has 0 saturated heterocycles. The van der Waals surface area contributed by atoms with Crippen LogP contribution in [0.25, 0.3) is 0 Å². The van der Waals surface area contributed by atoms with Gasteiger partial charge in [-0.2, -0.15) is 0 Å². The van der Waals surface area contributed by atoms with Crippen molar-refractivity contribution in [3.8, 4) is 0 Å². The van der Waals surface area contributed by atoms with Crippen molar-refractivity contribution < 1.29 is 14.6 Å². The lowest BCUT2D eigenvalue weighted by atomic mass is 10.0. The molecule has 0 rings (SSSR count). The van der Waals surface area contributed by atoms with Crippen LogP contribution in [0.4, 0.5) is 0 Å². The smallest absolute Gasteiger partial charge is 0.161 e. The van der Waals surface area contributed by atoms with Gasteiger partial charge in [-0.25, -0.2) is 0 Å². The van der Waals surface area contributed by atoms with Crippen molar-refractivity contribution in [1.29, 1.82) is 0 Å². The summed E-state index contributed by atoms with van der Waals surface area (Å²) in [5.41, 5.74) is 0. The van der Waals surface area contributed by atoms with Crippen LogP contribution in [0.3, 0.4) is 0 Å². The van der Waals surface area contributed by atoms with Crippen LogP contribution in [0.15, 0.2) is 0 Å². The second-order valence-electron chi connectivity index (χ2n) is 2.67. The molecule has 0 saturated carbocycles. The zero-order chi connectivity index (χ0) is 8.85. The predicted octanol–water partition coefficient (Wildman–Crippen LogP) is 1.01. The first-order chi connectivity index (χ1) is 5.17. The summed E-state index contributed by atoms with van der Waals surface area (Å²) >= 11 is 0. The van der Waals surface area contributed by atoms with Crippen molar-refractivity contribution in [2.45, 2.75) is 32.7 Å². The molecule has 2 atom stereocenters. The molecule has 1 N–H and O–H groups in total. The predicted molar refractivity (Wildman–Crippen MR) is 43.3 cm³/mol. The highest BCUT2D eigenvalue weighted by molar-refractivity contribution is 4.65. The Kier molecular flexibility index (Phi) is 5.46. The van der Waals surface area contributed by atoms with E-state index in [0.29, 0.717) is 0 Å². The van der Waals surface area contributed by atoms with Gasteiger partial charge in [-0.05, 0) is 6.42 Å². The Morgan fingerprint density at radius 3 is 2.00 bits per heavy atom. The van der Waals surface area contributed by atoms with Gasteiger partial charge in [-0.1, -0.05) is 13.8 Å². The summed E-state index contributed by atoms with van der Waals surface area (Å²) in [6.07, 6.45) is 0.0783. The third-order valence-corrected chi connectivity index (χ3v) is 1.92. The van der Waals surface area contributed by atoms with Crippen LogP contribution in [0.2, 0.25) is 0 Å². The summed E-state index contributed by atoms with van der Waals surface area (Å²) in [6, 6.07) is 0. The van der Waals surface area contributed by atoms with Gasteiger partial charge in [0.2, 0.25) is 0 Å². The summed E-state index contributed by atoms with van der Waals surface area (Å²) in [5.74, 6) is 0.0231. The minimum Gasteiger partial charge on any atom is -0.393 e.